The van der Waals surface area contributed by atoms with Crippen LogP contribution < -0.4 is 5.73 Å². The second kappa shape index (κ2) is 6.60. The molecule has 0 atom stereocenters. The van der Waals surface area contributed by atoms with Crippen LogP contribution in [0.2, 0.25) is 0 Å². The van der Waals surface area contributed by atoms with Crippen LogP contribution in [0.25, 0.3) is 27.8 Å². The van der Waals surface area contributed by atoms with E-state index >= 15 is 0 Å². The minimum absolute atomic E-state index is 0.0692. The average Bonchev–Trinajstić information content (AvgIpc) is 3.03. The third-order valence-electron chi connectivity index (χ3n) is 4.15. The second-order valence-corrected chi connectivity index (χ2v) is 5.92. The molecule has 0 saturated carbocycles. The molecule has 0 saturated heterocycles. The lowest BCUT2D eigenvalue weighted by Crippen LogP contribution is -2.12. The monoisotopic (exact) mass is 365 g/mol. The summed E-state index contributed by atoms with van der Waals surface area (Å²) in [6.45, 7) is 0. The highest BCUT2D eigenvalue weighted by atomic mass is 19.1. The van der Waals surface area contributed by atoms with E-state index in [1.54, 1.807) is 24.4 Å². The van der Waals surface area contributed by atoms with Crippen LogP contribution in [0.3, 0.4) is 0 Å². The number of primary amides is 1. The number of pyridine rings is 1. The molecule has 2 N–H and O–H groups in total. The van der Waals surface area contributed by atoms with Crippen molar-refractivity contribution in [2.75, 3.05) is 0 Å². The van der Waals surface area contributed by atoms with E-state index in [0.29, 0.717) is 11.1 Å². The number of nitrogens with two attached hydrogens (primary N) is 1. The van der Waals surface area contributed by atoms with Gasteiger partial charge in [-0.2, -0.15) is 0 Å². The summed E-state index contributed by atoms with van der Waals surface area (Å²) in [4.78, 5) is 20.3. The van der Waals surface area contributed by atoms with E-state index in [1.165, 1.54) is 6.08 Å². The maximum Gasteiger partial charge on any atom is 0.271 e. The Morgan fingerprint density at radius 2 is 2.00 bits per heavy atom. The highest BCUT2D eigenvalue weighted by Gasteiger charge is 2.25. The molecule has 4 rings (SSSR count). The molecule has 0 spiro atoms. The van der Waals surface area contributed by atoms with E-state index in [0.717, 1.165) is 17.5 Å². The van der Waals surface area contributed by atoms with Crippen molar-refractivity contribution in [1.29, 1.82) is 0 Å². The van der Waals surface area contributed by atoms with E-state index in [4.69, 9.17) is 10.2 Å². The number of nitrogens with zero attached hydrogens (tertiary/aromatic N) is 2. The summed E-state index contributed by atoms with van der Waals surface area (Å²) in [5.41, 5.74) is 6.24. The molecule has 0 aliphatic heterocycles. The fraction of sp³-hybridized carbons (Fsp3) is 0.0500. The first kappa shape index (κ1) is 16.8. The molecule has 27 heavy (non-hydrogen) atoms. The molecule has 0 fully saturated rings. The molecule has 3 aromatic rings. The molecule has 1 aromatic carbocycles. The van der Waals surface area contributed by atoms with Crippen LogP contribution in [0.15, 0.2) is 70.8 Å². The van der Waals surface area contributed by atoms with Crippen molar-refractivity contribution < 1.29 is 18.0 Å². The molecule has 134 valence electrons. The number of para-hydroxylation sites is 1. The van der Waals surface area contributed by atoms with E-state index < -0.39 is 17.6 Å². The number of rotatable bonds is 3. The van der Waals surface area contributed by atoms with Gasteiger partial charge >= 0.3 is 0 Å². The molecule has 5 nitrogen and oxygen atoms in total. The lowest BCUT2D eigenvalue weighted by molar-refractivity contribution is 0.0996. The number of halogens is 2. The zero-order valence-electron chi connectivity index (χ0n) is 13.9. The minimum atomic E-state index is -0.839. The summed E-state index contributed by atoms with van der Waals surface area (Å²) in [6.07, 6.45) is 4.77. The number of oxazole rings is 1. The van der Waals surface area contributed by atoms with Gasteiger partial charge in [0, 0.05) is 23.6 Å². The average molecular weight is 365 g/mol. The number of fused-ring (bicyclic) bond motifs is 1. The quantitative estimate of drug-likeness (QED) is 0.742. The van der Waals surface area contributed by atoms with Crippen molar-refractivity contribution in [1.82, 2.24) is 9.97 Å². The van der Waals surface area contributed by atoms with Crippen molar-refractivity contribution in [3.8, 4) is 11.3 Å². The van der Waals surface area contributed by atoms with Gasteiger partial charge in [-0.3, -0.25) is 9.78 Å². The summed E-state index contributed by atoms with van der Waals surface area (Å²) in [7, 11) is 0. The summed E-state index contributed by atoms with van der Waals surface area (Å²) >= 11 is 0. The Balaban J connectivity index is 1.94. The van der Waals surface area contributed by atoms with E-state index in [2.05, 4.69) is 9.97 Å². The van der Waals surface area contributed by atoms with Gasteiger partial charge in [-0.05, 0) is 24.3 Å². The highest BCUT2D eigenvalue weighted by molar-refractivity contribution is 6.01. The maximum atomic E-state index is 14.3. The second-order valence-electron chi connectivity index (χ2n) is 5.92. The number of carbonyl (C=O) groups excluding carboxylic acids is 1. The van der Waals surface area contributed by atoms with Crippen molar-refractivity contribution in [2.45, 2.75) is 6.42 Å². The summed E-state index contributed by atoms with van der Waals surface area (Å²) in [6, 6.07) is 8.95. The zero-order valence-corrected chi connectivity index (χ0v) is 13.9. The molecule has 1 aliphatic rings. The summed E-state index contributed by atoms with van der Waals surface area (Å²) in [5, 5.41) is 0.820. The van der Waals surface area contributed by atoms with Crippen LogP contribution in [0, 0.1) is 0 Å². The molecular formula is C20H13F2N3O2. The minimum Gasteiger partial charge on any atom is -0.435 e. The summed E-state index contributed by atoms with van der Waals surface area (Å²) in [5.74, 6) is -2.21. The topological polar surface area (TPSA) is 82.0 Å². The van der Waals surface area contributed by atoms with Crippen molar-refractivity contribution in [3.05, 3.63) is 78.0 Å². The van der Waals surface area contributed by atoms with Crippen molar-refractivity contribution in [2.24, 2.45) is 5.73 Å². The van der Waals surface area contributed by atoms with Gasteiger partial charge < -0.3 is 10.2 Å². The molecule has 0 bridgehead atoms. The normalized spacial score (nSPS) is 14.4. The van der Waals surface area contributed by atoms with Crippen LogP contribution in [0.1, 0.15) is 22.8 Å². The summed E-state index contributed by atoms with van der Waals surface area (Å²) < 4.78 is 33.8. The van der Waals surface area contributed by atoms with Crippen molar-refractivity contribution in [3.63, 3.8) is 0 Å². The lowest BCUT2D eigenvalue weighted by Gasteiger charge is -2.04. The number of allylic oxidation sites excluding steroid dienone is 6. The van der Waals surface area contributed by atoms with Crippen LogP contribution in [-0.4, -0.2) is 15.9 Å². The number of hydrogen-bond donors (Lipinski definition) is 1. The maximum absolute atomic E-state index is 14.3. The zero-order chi connectivity index (χ0) is 19.0. The molecule has 2 heterocycles. The first-order valence-electron chi connectivity index (χ1n) is 8.11. The number of aromatic nitrogens is 2. The van der Waals surface area contributed by atoms with Gasteiger partial charge in [-0.25, -0.2) is 13.8 Å². The molecule has 1 amide bonds. The number of carbonyl (C=O) groups is 1. The van der Waals surface area contributed by atoms with Gasteiger partial charge in [-0.1, -0.05) is 24.3 Å². The molecule has 0 radical (unpaired) electrons. The predicted octanol–water partition coefficient (Wildman–Crippen LogP) is 4.48. The Morgan fingerprint density at radius 3 is 2.81 bits per heavy atom. The Labute approximate surface area is 152 Å². The standard InChI is InChI=1S/C20H13F2N3O2/c21-12-6-2-8-15(22)14(10-12)20-25-17(19(23)26)18(27-20)13-7-1-4-11-5-3-9-24-16(11)13/h1-9H,10H2,(H2,23,26). The van der Waals surface area contributed by atoms with E-state index in [-0.39, 0.29) is 29.3 Å². The van der Waals surface area contributed by atoms with E-state index in [1.807, 2.05) is 12.1 Å². The number of amides is 1. The lowest BCUT2D eigenvalue weighted by atomic mass is 10.1. The predicted molar refractivity (Wildman–Crippen MR) is 96.7 cm³/mol. The largest absolute Gasteiger partial charge is 0.435 e. The van der Waals surface area contributed by atoms with Gasteiger partial charge in [0.1, 0.15) is 11.7 Å². The number of benzene rings is 1. The Morgan fingerprint density at radius 1 is 1.19 bits per heavy atom. The van der Waals surface area contributed by atoms with Crippen molar-refractivity contribution >= 4 is 22.4 Å². The van der Waals surface area contributed by atoms with Gasteiger partial charge in [0.05, 0.1) is 11.1 Å². The number of hydrogen-bond acceptors (Lipinski definition) is 4. The van der Waals surface area contributed by atoms with Gasteiger partial charge in [0.25, 0.3) is 5.91 Å². The smallest absolute Gasteiger partial charge is 0.271 e. The van der Waals surface area contributed by atoms with Crippen LogP contribution in [-0.2, 0) is 0 Å². The third kappa shape index (κ3) is 3.03. The van der Waals surface area contributed by atoms with Gasteiger partial charge in [0.15, 0.2) is 11.5 Å². The Kier molecular flexibility index (Phi) is 4.12. The highest BCUT2D eigenvalue weighted by Crippen LogP contribution is 2.36. The molecule has 1 aliphatic carbocycles. The molecular weight excluding hydrogens is 352 g/mol. The van der Waals surface area contributed by atoms with Crippen LogP contribution >= 0.6 is 0 Å². The fourth-order valence-electron chi connectivity index (χ4n) is 2.91. The van der Waals surface area contributed by atoms with Gasteiger partial charge in [0.2, 0.25) is 5.89 Å². The third-order valence-corrected chi connectivity index (χ3v) is 4.15. The van der Waals surface area contributed by atoms with Gasteiger partial charge in [-0.15, -0.1) is 0 Å². The van der Waals surface area contributed by atoms with Crippen LogP contribution in [0.4, 0.5) is 8.78 Å². The van der Waals surface area contributed by atoms with E-state index in [9.17, 15) is 13.6 Å². The first-order valence-corrected chi connectivity index (χ1v) is 8.11. The Hall–Kier alpha value is -3.61. The molecule has 2 aromatic heterocycles. The molecule has 7 heteroatoms. The SMILES string of the molecule is NC(=O)c1nc(C2=C(F)C=CC=C(F)C2)oc1-c1cccc2cccnc12. The molecule has 0 unspecified atom stereocenters. The fourth-order valence-corrected chi connectivity index (χ4v) is 2.91. The van der Waals surface area contributed by atoms with Crippen LogP contribution in [0.5, 0.6) is 0 Å². The first-order chi connectivity index (χ1) is 13.0. The Bertz CT molecular complexity index is 1150.